The number of nitrogens with zero attached hydrogens (tertiary/aromatic N) is 3. The number of rotatable bonds is 3. The number of carbonyl (C=O) groups excluding carboxylic acids is 1. The minimum absolute atomic E-state index is 0.316. The van der Waals surface area contributed by atoms with Crippen LogP contribution in [-0.2, 0) is 17.1 Å². The van der Waals surface area contributed by atoms with Gasteiger partial charge in [-0.25, -0.2) is 4.79 Å². The molecule has 1 aromatic carbocycles. The van der Waals surface area contributed by atoms with Crippen molar-refractivity contribution in [2.45, 2.75) is 12.4 Å². The highest BCUT2D eigenvalue weighted by Crippen LogP contribution is 2.45. The van der Waals surface area contributed by atoms with E-state index in [9.17, 15) is 31.1 Å². The highest BCUT2D eigenvalue weighted by molar-refractivity contribution is 5.96. The van der Waals surface area contributed by atoms with Crippen molar-refractivity contribution in [3.8, 4) is 11.8 Å². The molecule has 0 unspecified atom stereocenters. The highest BCUT2D eigenvalue weighted by Gasteiger charge is 2.42. The molecule has 1 aromatic heterocycles. The number of hydrogen-bond acceptors (Lipinski definition) is 5. The first-order chi connectivity index (χ1) is 13.2. The second-order valence-corrected chi connectivity index (χ2v) is 6.06. The average molecular weight is 420 g/mol. The molecule has 0 aliphatic carbocycles. The summed E-state index contributed by atoms with van der Waals surface area (Å²) in [5.74, 6) is -1.14. The topological polar surface area (TPSA) is 84.3 Å². The second kappa shape index (κ2) is 7.23. The quantitative estimate of drug-likeness (QED) is 0.603. The molecule has 0 atom stereocenters. The van der Waals surface area contributed by atoms with Crippen LogP contribution in [0.15, 0.2) is 18.3 Å². The Morgan fingerprint density at radius 1 is 1.14 bits per heavy atom. The summed E-state index contributed by atoms with van der Waals surface area (Å²) in [4.78, 5) is 12.7. The molecule has 0 saturated carbocycles. The van der Waals surface area contributed by atoms with Crippen molar-refractivity contribution in [1.82, 2.24) is 4.57 Å². The lowest BCUT2D eigenvalue weighted by Gasteiger charge is -2.25. The number of ether oxygens (including phenoxy) is 1. The van der Waals surface area contributed by atoms with Crippen LogP contribution < -0.4 is 10.6 Å². The molecule has 1 heterocycles. The SMILES string of the molecule is COC(=O)c1c(N)c(C#N)cn1-c1cc(C(F)(F)F)c(N(C)C)c(C(F)(F)F)c1. The summed E-state index contributed by atoms with van der Waals surface area (Å²) in [5.41, 5.74) is -0.559. The Morgan fingerprint density at radius 2 is 1.62 bits per heavy atom. The third-order valence-corrected chi connectivity index (χ3v) is 3.97. The Morgan fingerprint density at radius 3 is 1.97 bits per heavy atom. The van der Waals surface area contributed by atoms with Gasteiger partial charge in [-0.15, -0.1) is 0 Å². The zero-order valence-corrected chi connectivity index (χ0v) is 15.2. The molecule has 29 heavy (non-hydrogen) atoms. The van der Waals surface area contributed by atoms with Crippen LogP contribution in [0.2, 0.25) is 0 Å². The lowest BCUT2D eigenvalue weighted by Crippen LogP contribution is -2.23. The van der Waals surface area contributed by atoms with E-state index in [4.69, 9.17) is 11.0 Å². The summed E-state index contributed by atoms with van der Waals surface area (Å²) >= 11 is 0. The summed E-state index contributed by atoms with van der Waals surface area (Å²) in [5, 5.41) is 9.08. The fourth-order valence-electron chi connectivity index (χ4n) is 2.79. The largest absolute Gasteiger partial charge is 0.464 e. The molecule has 0 spiro atoms. The molecule has 2 rings (SSSR count). The zero-order chi connectivity index (χ0) is 22.3. The van der Waals surface area contributed by atoms with E-state index >= 15 is 0 Å². The van der Waals surface area contributed by atoms with Crippen LogP contribution in [0.5, 0.6) is 0 Å². The van der Waals surface area contributed by atoms with Crippen LogP contribution in [0.25, 0.3) is 5.69 Å². The first kappa shape index (κ1) is 21.9. The Labute approximate surface area is 160 Å². The predicted molar refractivity (Wildman–Crippen MR) is 90.6 cm³/mol. The number of benzene rings is 1. The molecule has 12 heteroatoms. The average Bonchev–Trinajstić information content (AvgIpc) is 2.94. The number of anilines is 2. The molecular formula is C17H14F6N4O2. The predicted octanol–water partition coefficient (Wildman–Crippen LogP) is 3.82. The van der Waals surface area contributed by atoms with Crippen molar-refractivity contribution in [2.75, 3.05) is 31.8 Å². The van der Waals surface area contributed by atoms with Gasteiger partial charge in [0.25, 0.3) is 0 Å². The van der Waals surface area contributed by atoms with Gasteiger partial charge in [0.15, 0.2) is 5.69 Å². The molecule has 0 radical (unpaired) electrons. The number of halogens is 6. The van der Waals surface area contributed by atoms with Gasteiger partial charge in [-0.2, -0.15) is 31.6 Å². The van der Waals surface area contributed by atoms with Crippen LogP contribution in [0.1, 0.15) is 27.2 Å². The number of nitrogens with two attached hydrogens (primary N) is 1. The second-order valence-electron chi connectivity index (χ2n) is 6.06. The number of alkyl halides is 6. The first-order valence-electron chi connectivity index (χ1n) is 7.73. The minimum Gasteiger partial charge on any atom is -0.464 e. The Hall–Kier alpha value is -3.36. The third kappa shape index (κ3) is 3.94. The monoisotopic (exact) mass is 420 g/mol. The maximum Gasteiger partial charge on any atom is 0.418 e. The lowest BCUT2D eigenvalue weighted by molar-refractivity contribution is -0.142. The van der Waals surface area contributed by atoms with E-state index in [1.807, 2.05) is 0 Å². The molecule has 2 aromatic rings. The van der Waals surface area contributed by atoms with Gasteiger partial charge in [-0.3, -0.25) is 0 Å². The standard InChI is InChI=1S/C17H14F6N4O2/c1-26(2)13-10(16(18,19)20)4-9(5-11(13)17(21,22)23)27-7-8(6-24)12(25)14(27)15(28)29-3/h4-5,7H,25H2,1-3H3. The van der Waals surface area contributed by atoms with E-state index in [2.05, 4.69) is 4.74 Å². The molecule has 0 aliphatic rings. The van der Waals surface area contributed by atoms with Gasteiger partial charge in [-0.05, 0) is 12.1 Å². The normalized spacial score (nSPS) is 11.9. The summed E-state index contributed by atoms with van der Waals surface area (Å²) in [6.07, 6.45) is -9.41. The van der Waals surface area contributed by atoms with Crippen molar-refractivity contribution >= 4 is 17.3 Å². The van der Waals surface area contributed by atoms with E-state index in [-0.39, 0.29) is 5.56 Å². The van der Waals surface area contributed by atoms with Crippen LogP contribution >= 0.6 is 0 Å². The summed E-state index contributed by atoms with van der Waals surface area (Å²) < 4.78 is 86.6. The van der Waals surface area contributed by atoms with E-state index in [1.165, 1.54) is 0 Å². The van der Waals surface area contributed by atoms with Gasteiger partial charge >= 0.3 is 18.3 Å². The smallest absolute Gasteiger partial charge is 0.418 e. The molecular weight excluding hydrogens is 406 g/mol. The van der Waals surface area contributed by atoms with Crippen LogP contribution in [-0.4, -0.2) is 31.7 Å². The molecule has 0 fully saturated rings. The first-order valence-corrected chi connectivity index (χ1v) is 7.73. The van der Waals surface area contributed by atoms with Gasteiger partial charge in [0, 0.05) is 26.0 Å². The lowest BCUT2D eigenvalue weighted by atomic mass is 10.0. The molecule has 0 saturated heterocycles. The van der Waals surface area contributed by atoms with E-state index in [1.54, 1.807) is 6.07 Å². The third-order valence-electron chi connectivity index (χ3n) is 3.97. The highest BCUT2D eigenvalue weighted by atomic mass is 19.4. The van der Waals surface area contributed by atoms with Gasteiger partial charge in [0.2, 0.25) is 0 Å². The molecule has 156 valence electrons. The zero-order valence-electron chi connectivity index (χ0n) is 15.2. The Bertz CT molecular complexity index is 964. The van der Waals surface area contributed by atoms with Gasteiger partial charge in [0.05, 0.1) is 35.2 Å². The van der Waals surface area contributed by atoms with Crippen molar-refractivity contribution in [3.05, 3.63) is 40.7 Å². The molecule has 0 amide bonds. The maximum atomic E-state index is 13.6. The van der Waals surface area contributed by atoms with E-state index < -0.39 is 52.2 Å². The number of nitrogen functional groups attached to an aromatic ring is 1. The van der Waals surface area contributed by atoms with Gasteiger partial charge in [0.1, 0.15) is 6.07 Å². The summed E-state index contributed by atoms with van der Waals surface area (Å²) in [6.45, 7) is 0. The summed E-state index contributed by atoms with van der Waals surface area (Å²) in [7, 11) is 3.03. The number of hydrogen-bond donors (Lipinski definition) is 1. The van der Waals surface area contributed by atoms with Crippen molar-refractivity contribution in [2.24, 2.45) is 0 Å². The molecule has 0 bridgehead atoms. The van der Waals surface area contributed by atoms with Crippen LogP contribution in [0.3, 0.4) is 0 Å². The van der Waals surface area contributed by atoms with E-state index in [0.717, 1.165) is 27.4 Å². The number of esters is 1. The molecule has 0 aliphatic heterocycles. The molecule has 6 nitrogen and oxygen atoms in total. The Balaban J connectivity index is 3.00. The Kier molecular flexibility index (Phi) is 5.47. The summed E-state index contributed by atoms with van der Waals surface area (Å²) in [6, 6.07) is 2.50. The fourth-order valence-corrected chi connectivity index (χ4v) is 2.79. The number of carbonyl (C=O) groups is 1. The van der Waals surface area contributed by atoms with Crippen molar-refractivity contribution in [1.29, 1.82) is 5.26 Å². The molecule has 2 N–H and O–H groups in total. The number of aromatic nitrogens is 1. The fraction of sp³-hybridized carbons (Fsp3) is 0.294. The minimum atomic E-state index is -5.14. The number of nitriles is 1. The van der Waals surface area contributed by atoms with Crippen LogP contribution in [0, 0.1) is 11.3 Å². The van der Waals surface area contributed by atoms with E-state index in [0.29, 0.717) is 21.6 Å². The van der Waals surface area contributed by atoms with Gasteiger partial charge < -0.3 is 19.9 Å². The van der Waals surface area contributed by atoms with Crippen LogP contribution in [0.4, 0.5) is 37.7 Å². The number of methoxy groups -OCH3 is 1. The maximum absolute atomic E-state index is 13.6. The van der Waals surface area contributed by atoms with Crippen molar-refractivity contribution < 1.29 is 35.9 Å². The van der Waals surface area contributed by atoms with Crippen molar-refractivity contribution in [3.63, 3.8) is 0 Å². The van der Waals surface area contributed by atoms with Gasteiger partial charge in [-0.1, -0.05) is 0 Å².